The van der Waals surface area contributed by atoms with E-state index in [-0.39, 0.29) is 11.8 Å². The average Bonchev–Trinajstić information content (AvgIpc) is 2.29. The van der Waals surface area contributed by atoms with Crippen LogP contribution in [0.3, 0.4) is 0 Å². The van der Waals surface area contributed by atoms with E-state index in [1.165, 1.54) is 11.2 Å². The summed E-state index contributed by atoms with van der Waals surface area (Å²) in [5.74, 6) is 0.176. The molecule has 0 aliphatic carbocycles. The molecule has 2 rings (SSSR count). The van der Waals surface area contributed by atoms with Gasteiger partial charge in [0.2, 0.25) is 5.88 Å². The molecule has 1 saturated heterocycles. The fraction of sp³-hybridized carbons (Fsp3) is 0.500. The average molecular weight is 223 g/mol. The minimum atomic E-state index is -0.871. The normalized spacial score (nSPS) is 17.4. The summed E-state index contributed by atoms with van der Waals surface area (Å²) < 4.78 is 0. The number of aromatic hydroxyl groups is 1. The number of carbonyl (C=O) groups is 1. The van der Waals surface area contributed by atoms with E-state index < -0.39 is 6.09 Å². The summed E-state index contributed by atoms with van der Waals surface area (Å²) in [5.41, 5.74) is 0.789. The van der Waals surface area contributed by atoms with Gasteiger partial charge in [-0.2, -0.15) is 0 Å². The molecule has 6 nitrogen and oxygen atoms in total. The van der Waals surface area contributed by atoms with Crippen molar-refractivity contribution in [3.05, 3.63) is 18.1 Å². The molecule has 0 spiro atoms. The maximum atomic E-state index is 10.7. The first-order chi connectivity index (χ1) is 7.66. The van der Waals surface area contributed by atoms with E-state index in [1.54, 1.807) is 6.07 Å². The predicted octanol–water partition coefficient (Wildman–Crippen LogP) is 1.04. The molecular formula is C10H13N3O3. The second kappa shape index (κ2) is 4.34. The van der Waals surface area contributed by atoms with Crippen molar-refractivity contribution in [3.8, 4) is 5.88 Å². The van der Waals surface area contributed by atoms with Gasteiger partial charge in [-0.05, 0) is 12.8 Å². The number of likely N-dealkylation sites (tertiary alicyclic amines) is 1. The molecule has 6 heteroatoms. The number of amides is 1. The van der Waals surface area contributed by atoms with Gasteiger partial charge in [-0.1, -0.05) is 0 Å². The predicted molar refractivity (Wildman–Crippen MR) is 55.3 cm³/mol. The van der Waals surface area contributed by atoms with Crippen molar-refractivity contribution in [2.45, 2.75) is 18.8 Å². The lowest BCUT2D eigenvalue weighted by Crippen LogP contribution is -2.36. The molecule has 1 aromatic rings. The van der Waals surface area contributed by atoms with Crippen molar-refractivity contribution in [1.82, 2.24) is 14.9 Å². The fourth-order valence-electron chi connectivity index (χ4n) is 1.95. The maximum absolute atomic E-state index is 10.7. The molecule has 0 unspecified atom stereocenters. The van der Waals surface area contributed by atoms with Gasteiger partial charge in [0.1, 0.15) is 6.33 Å². The van der Waals surface area contributed by atoms with Gasteiger partial charge in [0, 0.05) is 25.1 Å². The van der Waals surface area contributed by atoms with Gasteiger partial charge < -0.3 is 15.1 Å². The van der Waals surface area contributed by atoms with Gasteiger partial charge in [-0.15, -0.1) is 0 Å². The molecule has 0 aromatic carbocycles. The van der Waals surface area contributed by atoms with Crippen LogP contribution in [0.4, 0.5) is 4.79 Å². The number of nitrogens with zero attached hydrogens (tertiary/aromatic N) is 3. The molecule has 2 heterocycles. The van der Waals surface area contributed by atoms with Crippen molar-refractivity contribution in [2.24, 2.45) is 0 Å². The first-order valence-corrected chi connectivity index (χ1v) is 5.15. The highest BCUT2D eigenvalue weighted by atomic mass is 16.4. The van der Waals surface area contributed by atoms with E-state index >= 15 is 0 Å². The third-order valence-electron chi connectivity index (χ3n) is 2.86. The van der Waals surface area contributed by atoms with Crippen LogP contribution in [0, 0.1) is 0 Å². The summed E-state index contributed by atoms with van der Waals surface area (Å²) in [7, 11) is 0. The van der Waals surface area contributed by atoms with Crippen LogP contribution >= 0.6 is 0 Å². The molecule has 0 radical (unpaired) electrons. The van der Waals surface area contributed by atoms with Gasteiger partial charge >= 0.3 is 6.09 Å². The SMILES string of the molecule is O=C(O)N1CCC(c2cc(O)ncn2)CC1. The number of piperidine rings is 1. The van der Waals surface area contributed by atoms with Gasteiger partial charge in [0.05, 0.1) is 5.69 Å². The summed E-state index contributed by atoms with van der Waals surface area (Å²) in [6, 6.07) is 1.54. The zero-order valence-electron chi connectivity index (χ0n) is 8.70. The van der Waals surface area contributed by atoms with Crippen LogP contribution < -0.4 is 0 Å². The monoisotopic (exact) mass is 223 g/mol. The molecule has 1 aliphatic rings. The topological polar surface area (TPSA) is 86.5 Å². The van der Waals surface area contributed by atoms with Gasteiger partial charge in [0.25, 0.3) is 0 Å². The largest absolute Gasteiger partial charge is 0.493 e. The minimum Gasteiger partial charge on any atom is -0.493 e. The molecule has 0 bridgehead atoms. The van der Waals surface area contributed by atoms with Crippen LogP contribution in [0.25, 0.3) is 0 Å². The molecule has 1 fully saturated rings. The minimum absolute atomic E-state index is 0.0364. The van der Waals surface area contributed by atoms with Crippen LogP contribution in [-0.4, -0.2) is 44.3 Å². The summed E-state index contributed by atoms with van der Waals surface area (Å²) in [5, 5.41) is 18.0. The van der Waals surface area contributed by atoms with E-state index in [0.29, 0.717) is 13.1 Å². The maximum Gasteiger partial charge on any atom is 0.407 e. The Labute approximate surface area is 92.6 Å². The van der Waals surface area contributed by atoms with Gasteiger partial charge in [-0.3, -0.25) is 0 Å². The highest BCUT2D eigenvalue weighted by molar-refractivity contribution is 5.65. The summed E-state index contributed by atoms with van der Waals surface area (Å²) in [4.78, 5) is 19.8. The number of carboxylic acid groups (broad SMARTS) is 1. The van der Waals surface area contributed by atoms with E-state index in [9.17, 15) is 9.90 Å². The van der Waals surface area contributed by atoms with Crippen LogP contribution in [0.5, 0.6) is 5.88 Å². The van der Waals surface area contributed by atoms with Crippen LogP contribution in [0.1, 0.15) is 24.5 Å². The molecule has 1 amide bonds. The molecule has 16 heavy (non-hydrogen) atoms. The highest BCUT2D eigenvalue weighted by Crippen LogP contribution is 2.27. The number of aromatic nitrogens is 2. The lowest BCUT2D eigenvalue weighted by molar-refractivity contribution is 0.131. The van der Waals surface area contributed by atoms with Crippen molar-refractivity contribution < 1.29 is 15.0 Å². The number of rotatable bonds is 1. The third-order valence-corrected chi connectivity index (χ3v) is 2.86. The Balaban J connectivity index is 2.01. The summed E-state index contributed by atoms with van der Waals surface area (Å²) >= 11 is 0. The molecule has 2 N–H and O–H groups in total. The molecule has 86 valence electrons. The smallest absolute Gasteiger partial charge is 0.407 e. The molecule has 1 aliphatic heterocycles. The Morgan fingerprint density at radius 3 is 2.62 bits per heavy atom. The Hall–Kier alpha value is -1.85. The van der Waals surface area contributed by atoms with Crippen molar-refractivity contribution >= 4 is 6.09 Å². The molecule has 1 aromatic heterocycles. The van der Waals surface area contributed by atoms with E-state index in [2.05, 4.69) is 9.97 Å². The standard InChI is InChI=1S/C10H13N3O3/c14-9-5-8(11-6-12-9)7-1-3-13(4-2-7)10(15)16/h5-7H,1-4H2,(H,15,16)(H,11,12,14). The highest BCUT2D eigenvalue weighted by Gasteiger charge is 2.24. The lowest BCUT2D eigenvalue weighted by atomic mass is 9.93. The third kappa shape index (κ3) is 2.21. The first-order valence-electron chi connectivity index (χ1n) is 5.15. The fourth-order valence-corrected chi connectivity index (χ4v) is 1.95. The summed E-state index contributed by atoms with van der Waals surface area (Å²) in [6.45, 7) is 1.04. The van der Waals surface area contributed by atoms with Crippen LogP contribution in [0.15, 0.2) is 12.4 Å². The number of hydrogen-bond acceptors (Lipinski definition) is 4. The van der Waals surface area contributed by atoms with Crippen molar-refractivity contribution in [2.75, 3.05) is 13.1 Å². The second-order valence-corrected chi connectivity index (χ2v) is 3.84. The molecule has 0 atom stereocenters. The molecule has 0 saturated carbocycles. The first kappa shape index (κ1) is 10.7. The Morgan fingerprint density at radius 1 is 1.38 bits per heavy atom. The van der Waals surface area contributed by atoms with E-state index in [0.717, 1.165) is 18.5 Å². The van der Waals surface area contributed by atoms with E-state index in [1.807, 2.05) is 0 Å². The van der Waals surface area contributed by atoms with Crippen LogP contribution in [0.2, 0.25) is 0 Å². The van der Waals surface area contributed by atoms with Crippen molar-refractivity contribution in [3.63, 3.8) is 0 Å². The quantitative estimate of drug-likeness (QED) is 0.742. The van der Waals surface area contributed by atoms with Crippen LogP contribution in [-0.2, 0) is 0 Å². The van der Waals surface area contributed by atoms with E-state index in [4.69, 9.17) is 5.11 Å². The summed E-state index contributed by atoms with van der Waals surface area (Å²) in [6.07, 6.45) is 1.93. The Morgan fingerprint density at radius 2 is 2.06 bits per heavy atom. The van der Waals surface area contributed by atoms with Gasteiger partial charge in [-0.25, -0.2) is 14.8 Å². The Kier molecular flexibility index (Phi) is 2.89. The van der Waals surface area contributed by atoms with Crippen molar-refractivity contribution in [1.29, 1.82) is 0 Å². The number of hydrogen-bond donors (Lipinski definition) is 2. The molecular weight excluding hydrogens is 210 g/mol. The van der Waals surface area contributed by atoms with Gasteiger partial charge in [0.15, 0.2) is 0 Å². The Bertz CT molecular complexity index is 389. The zero-order chi connectivity index (χ0) is 11.5. The zero-order valence-corrected chi connectivity index (χ0v) is 8.70. The lowest BCUT2D eigenvalue weighted by Gasteiger charge is -2.29. The second-order valence-electron chi connectivity index (χ2n) is 3.84.